The van der Waals surface area contributed by atoms with Crippen LogP contribution in [0.25, 0.3) is 0 Å². The lowest BCUT2D eigenvalue weighted by Gasteiger charge is -2.19. The van der Waals surface area contributed by atoms with E-state index in [0.29, 0.717) is 0 Å². The van der Waals surface area contributed by atoms with Crippen molar-refractivity contribution in [3.63, 3.8) is 0 Å². The van der Waals surface area contributed by atoms with E-state index in [9.17, 15) is 17.2 Å². The minimum absolute atomic E-state index is 0.144. The second-order valence-corrected chi connectivity index (χ2v) is 7.14. The van der Waals surface area contributed by atoms with E-state index in [4.69, 9.17) is 10.5 Å². The molecule has 1 aromatic carbocycles. The van der Waals surface area contributed by atoms with Gasteiger partial charge in [0.1, 0.15) is 16.5 Å². The standard InChI is InChI=1S/C12H17F2NO3S/c1-12(2,3)18-4-5-19(16,17)11-9(13)6-8(15)7-10(11)14/h6-7H,4-5,15H2,1-3H3. The molecule has 1 aromatic rings. The predicted octanol–water partition coefficient (Wildman–Crippen LogP) is 2.14. The Balaban J connectivity index is 2.96. The van der Waals surface area contributed by atoms with Gasteiger partial charge >= 0.3 is 0 Å². The second kappa shape index (κ2) is 5.42. The summed E-state index contributed by atoms with van der Waals surface area (Å²) in [4.78, 5) is -0.959. The highest BCUT2D eigenvalue weighted by Gasteiger charge is 2.25. The lowest BCUT2D eigenvalue weighted by atomic mass is 10.2. The van der Waals surface area contributed by atoms with Crippen LogP contribution in [-0.4, -0.2) is 26.4 Å². The zero-order valence-corrected chi connectivity index (χ0v) is 11.9. The average Bonchev–Trinajstić information content (AvgIpc) is 2.11. The van der Waals surface area contributed by atoms with Crippen molar-refractivity contribution in [2.24, 2.45) is 0 Å². The quantitative estimate of drug-likeness (QED) is 0.863. The second-order valence-electron chi connectivity index (χ2n) is 5.09. The number of hydrogen-bond acceptors (Lipinski definition) is 4. The molecule has 0 bridgehead atoms. The van der Waals surface area contributed by atoms with Crippen LogP contribution < -0.4 is 5.73 Å². The van der Waals surface area contributed by atoms with Gasteiger partial charge in [0.2, 0.25) is 0 Å². The average molecular weight is 293 g/mol. The Kier molecular flexibility index (Phi) is 4.52. The maximum absolute atomic E-state index is 13.5. The van der Waals surface area contributed by atoms with Crippen LogP contribution in [-0.2, 0) is 14.6 Å². The van der Waals surface area contributed by atoms with Crippen LogP contribution in [0.1, 0.15) is 20.8 Å². The van der Waals surface area contributed by atoms with Gasteiger partial charge in [-0.25, -0.2) is 17.2 Å². The van der Waals surface area contributed by atoms with Crippen molar-refractivity contribution in [3.8, 4) is 0 Å². The summed E-state index contributed by atoms with van der Waals surface area (Å²) in [7, 11) is -4.09. The van der Waals surface area contributed by atoms with Crippen molar-refractivity contribution in [3.05, 3.63) is 23.8 Å². The molecule has 19 heavy (non-hydrogen) atoms. The molecular weight excluding hydrogens is 276 g/mol. The van der Waals surface area contributed by atoms with Crippen molar-refractivity contribution < 1.29 is 21.9 Å². The SMILES string of the molecule is CC(C)(C)OCCS(=O)(=O)c1c(F)cc(N)cc1F. The van der Waals surface area contributed by atoms with E-state index >= 15 is 0 Å². The van der Waals surface area contributed by atoms with Crippen LogP contribution in [0.3, 0.4) is 0 Å². The molecule has 0 fully saturated rings. The Bertz CT molecular complexity index is 542. The summed E-state index contributed by atoms with van der Waals surface area (Å²) in [6.45, 7) is 5.12. The molecule has 0 radical (unpaired) electrons. The van der Waals surface area contributed by atoms with E-state index in [1.807, 2.05) is 0 Å². The lowest BCUT2D eigenvalue weighted by Crippen LogP contribution is -2.24. The lowest BCUT2D eigenvalue weighted by molar-refractivity contribution is 0.00643. The maximum atomic E-state index is 13.5. The first-order chi connectivity index (χ1) is 8.53. The smallest absolute Gasteiger partial charge is 0.186 e. The Morgan fingerprint density at radius 3 is 2.11 bits per heavy atom. The van der Waals surface area contributed by atoms with E-state index in [-0.39, 0.29) is 12.3 Å². The molecule has 0 atom stereocenters. The van der Waals surface area contributed by atoms with E-state index in [1.165, 1.54) is 0 Å². The summed E-state index contributed by atoms with van der Waals surface area (Å²) in [5.41, 5.74) is 4.54. The highest BCUT2D eigenvalue weighted by molar-refractivity contribution is 7.91. The molecule has 0 aliphatic heterocycles. The van der Waals surface area contributed by atoms with Gasteiger partial charge < -0.3 is 10.5 Å². The summed E-state index contributed by atoms with van der Waals surface area (Å²) >= 11 is 0. The minimum atomic E-state index is -4.09. The van der Waals surface area contributed by atoms with Crippen LogP contribution in [0.15, 0.2) is 17.0 Å². The van der Waals surface area contributed by atoms with Crippen molar-refractivity contribution in [1.29, 1.82) is 0 Å². The first-order valence-electron chi connectivity index (χ1n) is 5.64. The van der Waals surface area contributed by atoms with Crippen LogP contribution in [0.2, 0.25) is 0 Å². The molecule has 0 heterocycles. The third kappa shape index (κ3) is 4.43. The molecule has 0 aliphatic carbocycles. The van der Waals surface area contributed by atoms with E-state index in [2.05, 4.69) is 0 Å². The molecule has 108 valence electrons. The third-order valence-corrected chi connectivity index (χ3v) is 3.93. The number of nitrogen functional groups attached to an aromatic ring is 1. The molecule has 7 heteroatoms. The van der Waals surface area contributed by atoms with Crippen LogP contribution in [0, 0.1) is 11.6 Å². The fraction of sp³-hybridized carbons (Fsp3) is 0.500. The zero-order chi connectivity index (χ0) is 14.8. The Morgan fingerprint density at radius 1 is 1.21 bits per heavy atom. The van der Waals surface area contributed by atoms with Gasteiger partial charge in [0.25, 0.3) is 0 Å². The van der Waals surface area contributed by atoms with Gasteiger partial charge in [0.05, 0.1) is 18.0 Å². The molecular formula is C12H17F2NO3S. The topological polar surface area (TPSA) is 69.4 Å². The number of ether oxygens (including phenoxy) is 1. The molecule has 0 unspecified atom stereocenters. The van der Waals surface area contributed by atoms with Crippen molar-refractivity contribution in [1.82, 2.24) is 0 Å². The van der Waals surface area contributed by atoms with Gasteiger partial charge in [-0.15, -0.1) is 0 Å². The summed E-state index contributed by atoms with van der Waals surface area (Å²) in [6.07, 6.45) is 0. The number of sulfone groups is 1. The van der Waals surface area contributed by atoms with E-state index in [1.54, 1.807) is 20.8 Å². The maximum Gasteiger partial charge on any atom is 0.186 e. The minimum Gasteiger partial charge on any atom is -0.399 e. The Morgan fingerprint density at radius 2 is 1.68 bits per heavy atom. The van der Waals surface area contributed by atoms with Gasteiger partial charge in [-0.2, -0.15) is 0 Å². The van der Waals surface area contributed by atoms with Crippen LogP contribution >= 0.6 is 0 Å². The molecule has 0 saturated carbocycles. The van der Waals surface area contributed by atoms with Crippen molar-refractivity contribution in [2.75, 3.05) is 18.1 Å². The van der Waals surface area contributed by atoms with Crippen LogP contribution in [0.4, 0.5) is 14.5 Å². The fourth-order valence-electron chi connectivity index (χ4n) is 1.44. The number of anilines is 1. The normalized spacial score (nSPS) is 12.7. The first-order valence-corrected chi connectivity index (χ1v) is 7.29. The van der Waals surface area contributed by atoms with E-state index in [0.717, 1.165) is 12.1 Å². The third-order valence-electron chi connectivity index (χ3n) is 2.22. The summed E-state index contributed by atoms with van der Waals surface area (Å²) in [6, 6.07) is 1.56. The summed E-state index contributed by atoms with van der Waals surface area (Å²) in [5, 5.41) is 0. The largest absolute Gasteiger partial charge is 0.399 e. The van der Waals surface area contributed by atoms with Gasteiger partial charge in [-0.1, -0.05) is 0 Å². The number of halogens is 2. The predicted molar refractivity (Wildman–Crippen MR) is 68.5 cm³/mol. The van der Waals surface area contributed by atoms with Gasteiger partial charge in [-0.05, 0) is 32.9 Å². The molecule has 0 saturated heterocycles. The van der Waals surface area contributed by atoms with Crippen LogP contribution in [0.5, 0.6) is 0 Å². The molecule has 0 amide bonds. The van der Waals surface area contributed by atoms with E-state index < -0.39 is 37.7 Å². The molecule has 2 N–H and O–H groups in total. The highest BCUT2D eigenvalue weighted by atomic mass is 32.2. The van der Waals surface area contributed by atoms with Gasteiger partial charge in [-0.3, -0.25) is 0 Å². The first kappa shape index (κ1) is 15.8. The number of hydrogen-bond donors (Lipinski definition) is 1. The monoisotopic (exact) mass is 293 g/mol. The Labute approximate surface area is 111 Å². The number of rotatable bonds is 4. The molecule has 0 aliphatic rings. The molecule has 4 nitrogen and oxygen atoms in total. The zero-order valence-electron chi connectivity index (χ0n) is 11.0. The molecule has 1 rings (SSSR count). The van der Waals surface area contributed by atoms with Gasteiger partial charge in [0.15, 0.2) is 9.84 Å². The number of benzene rings is 1. The fourth-order valence-corrected chi connectivity index (χ4v) is 2.66. The van der Waals surface area contributed by atoms with Gasteiger partial charge in [0, 0.05) is 5.69 Å². The molecule has 0 aromatic heterocycles. The summed E-state index contributed by atoms with van der Waals surface area (Å²) in [5.74, 6) is -2.87. The summed E-state index contributed by atoms with van der Waals surface area (Å²) < 4.78 is 56.0. The van der Waals surface area contributed by atoms with Crippen molar-refractivity contribution >= 4 is 15.5 Å². The number of nitrogens with two attached hydrogens (primary N) is 1. The highest BCUT2D eigenvalue weighted by Crippen LogP contribution is 2.23. The Hall–Kier alpha value is -1.21. The molecule has 0 spiro atoms. The van der Waals surface area contributed by atoms with Crippen molar-refractivity contribution in [2.45, 2.75) is 31.3 Å².